The van der Waals surface area contributed by atoms with E-state index in [4.69, 9.17) is 5.14 Å². The van der Waals surface area contributed by atoms with E-state index in [1.807, 2.05) is 0 Å². The molecule has 0 saturated heterocycles. The molecule has 2 amide bonds. The van der Waals surface area contributed by atoms with E-state index < -0.39 is 10.0 Å². The first-order valence-corrected chi connectivity index (χ1v) is 9.06. The topological polar surface area (TPSA) is 139 Å². The summed E-state index contributed by atoms with van der Waals surface area (Å²) >= 11 is 0. The molecular weight excluding hydrogens is 344 g/mol. The standard InChI is InChI=1S/C15H20N6O3S/c1-11-9-12(4-5-13(11)25(16,23)24)10-19-15(22)18-8-7-17-14-3-2-6-20-21-14/h2-6,9H,7-8,10H2,1H3,(H,17,21)(H2,16,23,24)(H2,18,19,22). The van der Waals surface area contributed by atoms with Crippen molar-refractivity contribution in [1.82, 2.24) is 20.8 Å². The van der Waals surface area contributed by atoms with Gasteiger partial charge in [0, 0.05) is 25.8 Å². The lowest BCUT2D eigenvalue weighted by atomic mass is 10.1. The lowest BCUT2D eigenvalue weighted by Crippen LogP contribution is -2.37. The molecule has 0 aliphatic heterocycles. The summed E-state index contributed by atoms with van der Waals surface area (Å²) < 4.78 is 22.7. The number of primary sulfonamides is 1. The smallest absolute Gasteiger partial charge is 0.315 e. The second-order valence-corrected chi connectivity index (χ2v) is 6.82. The Balaban J connectivity index is 1.74. The van der Waals surface area contributed by atoms with Crippen molar-refractivity contribution in [3.05, 3.63) is 47.7 Å². The van der Waals surface area contributed by atoms with E-state index in [0.717, 1.165) is 5.56 Å². The third-order valence-electron chi connectivity index (χ3n) is 3.29. The second kappa shape index (κ2) is 8.40. The number of aromatic nitrogens is 2. The van der Waals surface area contributed by atoms with Crippen molar-refractivity contribution in [1.29, 1.82) is 0 Å². The van der Waals surface area contributed by atoms with Crippen LogP contribution in [0.15, 0.2) is 41.4 Å². The molecule has 0 spiro atoms. The zero-order valence-electron chi connectivity index (χ0n) is 13.7. The number of nitrogens with zero attached hydrogens (tertiary/aromatic N) is 2. The highest BCUT2D eigenvalue weighted by Crippen LogP contribution is 2.15. The van der Waals surface area contributed by atoms with Gasteiger partial charge in [-0.2, -0.15) is 5.10 Å². The number of nitrogens with one attached hydrogen (secondary N) is 3. The number of nitrogens with two attached hydrogens (primary N) is 1. The minimum absolute atomic E-state index is 0.0794. The number of hydrogen-bond donors (Lipinski definition) is 4. The lowest BCUT2D eigenvalue weighted by Gasteiger charge is -2.10. The molecule has 0 unspecified atom stereocenters. The molecule has 0 aliphatic carbocycles. The minimum atomic E-state index is -3.74. The Labute approximate surface area is 146 Å². The summed E-state index contributed by atoms with van der Waals surface area (Å²) in [4.78, 5) is 11.8. The van der Waals surface area contributed by atoms with Gasteiger partial charge in [-0.15, -0.1) is 5.10 Å². The van der Waals surface area contributed by atoms with Crippen molar-refractivity contribution < 1.29 is 13.2 Å². The normalized spacial score (nSPS) is 11.0. The number of urea groups is 1. The van der Waals surface area contributed by atoms with Gasteiger partial charge in [-0.25, -0.2) is 18.4 Å². The molecule has 1 aromatic heterocycles. The molecule has 9 nitrogen and oxygen atoms in total. The summed E-state index contributed by atoms with van der Waals surface area (Å²) in [7, 11) is -3.74. The Morgan fingerprint density at radius 3 is 2.64 bits per heavy atom. The number of carbonyl (C=O) groups is 1. The lowest BCUT2D eigenvalue weighted by molar-refractivity contribution is 0.241. The molecule has 1 heterocycles. The Morgan fingerprint density at radius 1 is 1.20 bits per heavy atom. The summed E-state index contributed by atoms with van der Waals surface area (Å²) in [5.74, 6) is 0.634. The monoisotopic (exact) mass is 364 g/mol. The maximum atomic E-state index is 11.7. The number of anilines is 1. The predicted octanol–water partition coefficient (Wildman–Crippen LogP) is 0.344. The van der Waals surface area contributed by atoms with Crippen LogP contribution >= 0.6 is 0 Å². The number of carbonyl (C=O) groups excluding carboxylic acids is 1. The van der Waals surface area contributed by atoms with Gasteiger partial charge in [-0.05, 0) is 36.2 Å². The second-order valence-electron chi connectivity index (χ2n) is 5.29. The molecule has 0 radical (unpaired) electrons. The summed E-state index contributed by atoms with van der Waals surface area (Å²) in [6, 6.07) is 7.94. The molecule has 2 rings (SSSR count). The van der Waals surface area contributed by atoms with Gasteiger partial charge in [0.2, 0.25) is 10.0 Å². The highest BCUT2D eigenvalue weighted by molar-refractivity contribution is 7.89. The number of benzene rings is 1. The molecular formula is C15H20N6O3S. The van der Waals surface area contributed by atoms with Gasteiger partial charge in [0.05, 0.1) is 4.90 Å². The molecule has 10 heteroatoms. The Bertz CT molecular complexity index is 826. The van der Waals surface area contributed by atoms with E-state index in [0.29, 0.717) is 24.5 Å². The van der Waals surface area contributed by atoms with Crippen molar-refractivity contribution in [3.63, 3.8) is 0 Å². The van der Waals surface area contributed by atoms with Gasteiger partial charge in [-0.3, -0.25) is 0 Å². The number of rotatable bonds is 7. The number of hydrogen-bond acceptors (Lipinski definition) is 6. The molecule has 134 valence electrons. The minimum Gasteiger partial charge on any atom is -0.367 e. The average molecular weight is 364 g/mol. The zero-order valence-corrected chi connectivity index (χ0v) is 14.5. The van der Waals surface area contributed by atoms with Gasteiger partial charge in [0.1, 0.15) is 5.82 Å². The van der Waals surface area contributed by atoms with Crippen LogP contribution in [0.2, 0.25) is 0 Å². The van der Waals surface area contributed by atoms with Crippen molar-refractivity contribution in [3.8, 4) is 0 Å². The largest absolute Gasteiger partial charge is 0.367 e. The molecule has 2 aromatic rings. The van der Waals surface area contributed by atoms with Gasteiger partial charge in [0.25, 0.3) is 0 Å². The van der Waals surface area contributed by atoms with Crippen molar-refractivity contribution in [2.45, 2.75) is 18.4 Å². The van der Waals surface area contributed by atoms with Crippen LogP contribution in [0.1, 0.15) is 11.1 Å². The third kappa shape index (κ3) is 6.01. The summed E-state index contributed by atoms with van der Waals surface area (Å²) in [6.07, 6.45) is 1.58. The van der Waals surface area contributed by atoms with Crippen LogP contribution in [0.25, 0.3) is 0 Å². The first kappa shape index (κ1) is 18.6. The zero-order chi connectivity index (χ0) is 18.3. The molecule has 0 bridgehead atoms. The molecule has 0 saturated carbocycles. The summed E-state index contributed by atoms with van der Waals surface area (Å²) in [5.41, 5.74) is 1.31. The van der Waals surface area contributed by atoms with Crippen molar-refractivity contribution in [2.75, 3.05) is 18.4 Å². The van der Waals surface area contributed by atoms with E-state index in [2.05, 4.69) is 26.1 Å². The van der Waals surface area contributed by atoms with Gasteiger partial charge < -0.3 is 16.0 Å². The quantitative estimate of drug-likeness (QED) is 0.523. The van der Waals surface area contributed by atoms with E-state index in [1.165, 1.54) is 6.07 Å². The molecule has 0 fully saturated rings. The first-order chi connectivity index (χ1) is 11.9. The maximum Gasteiger partial charge on any atom is 0.315 e. The van der Waals surface area contributed by atoms with E-state index in [9.17, 15) is 13.2 Å². The van der Waals surface area contributed by atoms with Crippen LogP contribution in [-0.2, 0) is 16.6 Å². The third-order valence-corrected chi connectivity index (χ3v) is 4.36. The van der Waals surface area contributed by atoms with E-state index >= 15 is 0 Å². The van der Waals surface area contributed by atoms with Gasteiger partial charge in [0.15, 0.2) is 0 Å². The van der Waals surface area contributed by atoms with Crippen LogP contribution in [-0.4, -0.2) is 37.7 Å². The molecule has 5 N–H and O–H groups in total. The molecule has 0 atom stereocenters. The Kier molecular flexibility index (Phi) is 6.25. The SMILES string of the molecule is Cc1cc(CNC(=O)NCCNc2cccnn2)ccc1S(N)(=O)=O. The first-order valence-electron chi connectivity index (χ1n) is 7.52. The fourth-order valence-electron chi connectivity index (χ4n) is 2.15. The van der Waals surface area contributed by atoms with Crippen LogP contribution < -0.4 is 21.1 Å². The van der Waals surface area contributed by atoms with E-state index in [-0.39, 0.29) is 17.5 Å². The summed E-state index contributed by atoms with van der Waals surface area (Å²) in [5, 5.41) is 21.1. The average Bonchev–Trinajstić information content (AvgIpc) is 2.57. The molecule has 0 aliphatic rings. The highest BCUT2D eigenvalue weighted by Gasteiger charge is 2.11. The van der Waals surface area contributed by atoms with Crippen LogP contribution in [0.5, 0.6) is 0 Å². The maximum absolute atomic E-state index is 11.7. The van der Waals surface area contributed by atoms with E-state index in [1.54, 1.807) is 37.4 Å². The van der Waals surface area contributed by atoms with Gasteiger partial charge >= 0.3 is 6.03 Å². The number of aryl methyl sites for hydroxylation is 1. The van der Waals surface area contributed by atoms with Crippen LogP contribution in [0, 0.1) is 6.92 Å². The van der Waals surface area contributed by atoms with Crippen LogP contribution in [0.3, 0.4) is 0 Å². The van der Waals surface area contributed by atoms with Gasteiger partial charge in [-0.1, -0.05) is 12.1 Å². The fraction of sp³-hybridized carbons (Fsp3) is 0.267. The predicted molar refractivity (Wildman–Crippen MR) is 93.3 cm³/mol. The molecule has 25 heavy (non-hydrogen) atoms. The van der Waals surface area contributed by atoms with Crippen LogP contribution in [0.4, 0.5) is 10.6 Å². The van der Waals surface area contributed by atoms with Crippen molar-refractivity contribution >= 4 is 21.9 Å². The van der Waals surface area contributed by atoms with Crippen molar-refractivity contribution in [2.24, 2.45) is 5.14 Å². The molecule has 1 aromatic carbocycles. The Hall–Kier alpha value is -2.72. The fourth-order valence-corrected chi connectivity index (χ4v) is 2.91. The Morgan fingerprint density at radius 2 is 2.00 bits per heavy atom. The number of amides is 2. The summed E-state index contributed by atoms with van der Waals surface area (Å²) in [6.45, 7) is 2.84. The number of sulfonamides is 1. The highest BCUT2D eigenvalue weighted by atomic mass is 32.2.